The lowest BCUT2D eigenvalue weighted by Crippen LogP contribution is -2.07. The van der Waals surface area contributed by atoms with Crippen LogP contribution in [0.2, 0.25) is 0 Å². The van der Waals surface area contributed by atoms with Gasteiger partial charge in [0.1, 0.15) is 11.6 Å². The second-order valence-corrected chi connectivity index (χ2v) is 4.13. The largest absolute Gasteiger partial charge is 0.324 e. The molecule has 0 radical (unpaired) electrons. The molecule has 0 aliphatic heterocycles. The molecule has 0 saturated heterocycles. The van der Waals surface area contributed by atoms with Crippen LogP contribution in [0.15, 0.2) is 24.3 Å². The van der Waals surface area contributed by atoms with Crippen LogP contribution in [0.1, 0.15) is 31.4 Å². The molecule has 2 N–H and O–H groups in total. The summed E-state index contributed by atoms with van der Waals surface area (Å²) in [5.74, 6) is 1.39. The van der Waals surface area contributed by atoms with Gasteiger partial charge in [-0.25, -0.2) is 14.1 Å². The van der Waals surface area contributed by atoms with E-state index in [1.54, 1.807) is 16.8 Å². The molecule has 1 aromatic heterocycles. The maximum Gasteiger partial charge on any atom is 0.153 e. The van der Waals surface area contributed by atoms with Gasteiger partial charge < -0.3 is 5.73 Å². The lowest BCUT2D eigenvalue weighted by atomic mass is 10.2. The van der Waals surface area contributed by atoms with Crippen molar-refractivity contribution in [3.8, 4) is 5.69 Å². The van der Waals surface area contributed by atoms with Crippen molar-refractivity contribution in [2.45, 2.75) is 26.3 Å². The predicted molar refractivity (Wildman–Crippen MR) is 63.3 cm³/mol. The summed E-state index contributed by atoms with van der Waals surface area (Å²) < 4.78 is 14.5. The highest BCUT2D eigenvalue weighted by Gasteiger charge is 2.12. The zero-order valence-corrected chi connectivity index (χ0v) is 9.89. The van der Waals surface area contributed by atoms with Gasteiger partial charge in [0.2, 0.25) is 0 Å². The number of hydrogen-bond donors (Lipinski definition) is 1. The summed E-state index contributed by atoms with van der Waals surface area (Å²) in [5.41, 5.74) is 6.40. The Morgan fingerprint density at radius 2 is 1.94 bits per heavy atom. The van der Waals surface area contributed by atoms with Gasteiger partial charge in [-0.15, -0.1) is 0 Å². The van der Waals surface area contributed by atoms with Crippen molar-refractivity contribution in [2.75, 3.05) is 0 Å². The second-order valence-electron chi connectivity index (χ2n) is 4.13. The summed E-state index contributed by atoms with van der Waals surface area (Å²) in [4.78, 5) is 4.36. The fraction of sp³-hybridized carbons (Fsp3) is 0.333. The fourth-order valence-corrected chi connectivity index (χ4v) is 1.53. The summed E-state index contributed by atoms with van der Waals surface area (Å²) in [6, 6.07) is 6.11. The van der Waals surface area contributed by atoms with Crippen molar-refractivity contribution in [3.63, 3.8) is 0 Å². The highest BCUT2D eigenvalue weighted by molar-refractivity contribution is 5.32. The second kappa shape index (κ2) is 4.63. The molecule has 2 rings (SSSR count). The van der Waals surface area contributed by atoms with Gasteiger partial charge in [-0.2, -0.15) is 5.10 Å². The molecule has 2 aromatic rings. The molecule has 5 heteroatoms. The quantitative estimate of drug-likeness (QED) is 0.883. The van der Waals surface area contributed by atoms with Crippen LogP contribution in [-0.4, -0.2) is 14.8 Å². The molecule has 0 aliphatic rings. The molecule has 17 heavy (non-hydrogen) atoms. The first-order valence-electron chi connectivity index (χ1n) is 5.53. The Labute approximate surface area is 99.3 Å². The first-order chi connectivity index (χ1) is 8.11. The number of nitrogens with two attached hydrogens (primary N) is 1. The van der Waals surface area contributed by atoms with E-state index in [0.29, 0.717) is 12.4 Å². The normalized spacial score (nSPS) is 11.1. The lowest BCUT2D eigenvalue weighted by molar-refractivity contribution is 0.626. The Hall–Kier alpha value is -1.75. The Morgan fingerprint density at radius 1 is 1.29 bits per heavy atom. The van der Waals surface area contributed by atoms with Crippen LogP contribution < -0.4 is 5.73 Å². The first-order valence-corrected chi connectivity index (χ1v) is 5.53. The van der Waals surface area contributed by atoms with E-state index in [-0.39, 0.29) is 11.7 Å². The average molecular weight is 234 g/mol. The molecule has 90 valence electrons. The monoisotopic (exact) mass is 234 g/mol. The standard InChI is InChI=1S/C12H15FN4/c1-8(2)12-15-11(7-14)17(16-12)10-5-3-9(13)4-6-10/h3-6,8H,7,14H2,1-2H3. The smallest absolute Gasteiger partial charge is 0.153 e. The van der Waals surface area contributed by atoms with Gasteiger partial charge in [-0.05, 0) is 24.3 Å². The summed E-state index contributed by atoms with van der Waals surface area (Å²) in [7, 11) is 0. The van der Waals surface area contributed by atoms with E-state index < -0.39 is 0 Å². The van der Waals surface area contributed by atoms with E-state index in [1.165, 1.54) is 12.1 Å². The summed E-state index contributed by atoms with van der Waals surface area (Å²) in [5, 5.41) is 4.38. The molecule has 0 unspecified atom stereocenters. The van der Waals surface area contributed by atoms with Gasteiger partial charge in [0.05, 0.1) is 12.2 Å². The zero-order chi connectivity index (χ0) is 12.4. The predicted octanol–water partition coefficient (Wildman–Crippen LogP) is 1.99. The Morgan fingerprint density at radius 3 is 2.47 bits per heavy atom. The number of rotatable bonds is 3. The number of nitrogens with zero attached hydrogens (tertiary/aromatic N) is 3. The fourth-order valence-electron chi connectivity index (χ4n) is 1.53. The number of hydrogen-bond acceptors (Lipinski definition) is 3. The molecule has 0 spiro atoms. The Balaban J connectivity index is 2.46. The van der Waals surface area contributed by atoms with Gasteiger partial charge in [0.25, 0.3) is 0 Å². The van der Waals surface area contributed by atoms with Crippen LogP contribution in [0.3, 0.4) is 0 Å². The average Bonchev–Trinajstić information content (AvgIpc) is 2.74. The molecule has 4 nitrogen and oxygen atoms in total. The minimum Gasteiger partial charge on any atom is -0.324 e. The van der Waals surface area contributed by atoms with Crippen molar-refractivity contribution < 1.29 is 4.39 Å². The molecule has 0 fully saturated rings. The third-order valence-corrected chi connectivity index (χ3v) is 2.46. The highest BCUT2D eigenvalue weighted by atomic mass is 19.1. The van der Waals surface area contributed by atoms with Crippen molar-refractivity contribution in [1.29, 1.82) is 0 Å². The van der Waals surface area contributed by atoms with E-state index in [0.717, 1.165) is 11.5 Å². The summed E-state index contributed by atoms with van der Waals surface area (Å²) in [6.45, 7) is 4.34. The minimum atomic E-state index is -0.271. The summed E-state index contributed by atoms with van der Waals surface area (Å²) in [6.07, 6.45) is 0. The van der Waals surface area contributed by atoms with Gasteiger partial charge in [-0.3, -0.25) is 0 Å². The summed E-state index contributed by atoms with van der Waals surface area (Å²) >= 11 is 0. The first kappa shape index (κ1) is 11.7. The molecule has 1 aromatic carbocycles. The number of aromatic nitrogens is 3. The van der Waals surface area contributed by atoms with Crippen molar-refractivity contribution in [1.82, 2.24) is 14.8 Å². The number of benzene rings is 1. The minimum absolute atomic E-state index is 0.238. The maximum absolute atomic E-state index is 12.8. The zero-order valence-electron chi connectivity index (χ0n) is 9.89. The Bertz CT molecular complexity index is 502. The highest BCUT2D eigenvalue weighted by Crippen LogP contribution is 2.15. The van der Waals surface area contributed by atoms with Crippen molar-refractivity contribution >= 4 is 0 Å². The van der Waals surface area contributed by atoms with E-state index in [4.69, 9.17) is 5.73 Å². The molecule has 0 saturated carbocycles. The van der Waals surface area contributed by atoms with Gasteiger partial charge in [0, 0.05) is 5.92 Å². The number of halogens is 1. The molecule has 1 heterocycles. The van der Waals surface area contributed by atoms with Gasteiger partial charge >= 0.3 is 0 Å². The molecule has 0 aliphatic carbocycles. The van der Waals surface area contributed by atoms with Crippen molar-refractivity contribution in [2.24, 2.45) is 5.73 Å². The van der Waals surface area contributed by atoms with Crippen LogP contribution in [-0.2, 0) is 6.54 Å². The van der Waals surface area contributed by atoms with E-state index in [2.05, 4.69) is 10.1 Å². The topological polar surface area (TPSA) is 56.7 Å². The molecule has 0 atom stereocenters. The van der Waals surface area contributed by atoms with Crippen molar-refractivity contribution in [3.05, 3.63) is 41.7 Å². The van der Waals surface area contributed by atoms with Gasteiger partial charge in [-0.1, -0.05) is 13.8 Å². The Kier molecular flexibility index (Phi) is 3.19. The third kappa shape index (κ3) is 2.34. The SMILES string of the molecule is CC(C)c1nc(CN)n(-c2ccc(F)cc2)n1. The van der Waals surface area contributed by atoms with Crippen LogP contribution in [0.4, 0.5) is 4.39 Å². The van der Waals surface area contributed by atoms with E-state index in [1.807, 2.05) is 13.8 Å². The third-order valence-electron chi connectivity index (χ3n) is 2.46. The van der Waals surface area contributed by atoms with Crippen LogP contribution in [0.5, 0.6) is 0 Å². The lowest BCUT2D eigenvalue weighted by Gasteiger charge is -2.03. The van der Waals surface area contributed by atoms with E-state index in [9.17, 15) is 4.39 Å². The maximum atomic E-state index is 12.8. The molecular weight excluding hydrogens is 219 g/mol. The van der Waals surface area contributed by atoms with Crippen LogP contribution in [0.25, 0.3) is 5.69 Å². The van der Waals surface area contributed by atoms with Gasteiger partial charge in [0.15, 0.2) is 5.82 Å². The molecular formula is C12H15FN4. The van der Waals surface area contributed by atoms with Crippen LogP contribution >= 0.6 is 0 Å². The van der Waals surface area contributed by atoms with Crippen LogP contribution in [0, 0.1) is 5.82 Å². The molecule has 0 bridgehead atoms. The van der Waals surface area contributed by atoms with E-state index >= 15 is 0 Å². The molecule has 0 amide bonds.